The van der Waals surface area contributed by atoms with E-state index < -0.39 is 65.4 Å². The van der Waals surface area contributed by atoms with Gasteiger partial charge in [0, 0.05) is 26.2 Å². The van der Waals surface area contributed by atoms with Crippen LogP contribution in [0.25, 0.3) is 0 Å². The molecule has 1 aliphatic rings. The van der Waals surface area contributed by atoms with E-state index in [4.69, 9.17) is 18.9 Å². The predicted molar refractivity (Wildman–Crippen MR) is 228 cm³/mol. The van der Waals surface area contributed by atoms with Crippen molar-refractivity contribution >= 4 is 24.1 Å². The van der Waals surface area contributed by atoms with Crippen LogP contribution in [0.4, 0.5) is 18.4 Å². The molecular weight excluding hydrogens is 801 g/mol. The quantitative estimate of drug-likeness (QED) is 0.0546. The molecular formula is C47H57F2N5O8. The molecule has 1 saturated heterocycles. The van der Waals surface area contributed by atoms with Gasteiger partial charge in [-0.1, -0.05) is 80.6 Å². The fourth-order valence-electron chi connectivity index (χ4n) is 6.67. The number of carbonyl (C=O) groups is 4. The Morgan fingerprint density at radius 1 is 0.758 bits per heavy atom. The number of rotatable bonds is 18. The first-order valence-electron chi connectivity index (χ1n) is 20.7. The minimum absolute atomic E-state index is 0.00442. The Morgan fingerprint density at radius 3 is 1.95 bits per heavy atom. The highest BCUT2D eigenvalue weighted by Crippen LogP contribution is 2.19. The molecule has 5 rings (SSSR count). The van der Waals surface area contributed by atoms with Gasteiger partial charge in [0.1, 0.15) is 36.0 Å². The molecule has 332 valence electrons. The van der Waals surface area contributed by atoms with Gasteiger partial charge in [0.05, 0.1) is 31.4 Å². The number of hydrogen-bond donors (Lipinski definition) is 3. The molecule has 0 radical (unpaired) electrons. The largest absolute Gasteiger partial charge is 0.455 e. The van der Waals surface area contributed by atoms with Crippen LogP contribution in [0.15, 0.2) is 103 Å². The molecule has 13 nitrogen and oxygen atoms in total. The monoisotopic (exact) mass is 857 g/mol. The maximum Gasteiger partial charge on any atom is 0.422 e. The van der Waals surface area contributed by atoms with Crippen molar-refractivity contribution in [1.82, 2.24) is 26.0 Å². The highest BCUT2D eigenvalue weighted by atomic mass is 19.1. The minimum atomic E-state index is -1.21. The number of morpholine rings is 1. The molecule has 1 heterocycles. The van der Waals surface area contributed by atoms with Crippen LogP contribution in [0.3, 0.4) is 0 Å². The Balaban J connectivity index is 1.47. The molecule has 2 unspecified atom stereocenters. The van der Waals surface area contributed by atoms with Gasteiger partial charge in [0.15, 0.2) is 0 Å². The first kappa shape index (κ1) is 47.2. The zero-order valence-electron chi connectivity index (χ0n) is 35.9. The zero-order chi connectivity index (χ0) is 44.6. The number of benzene rings is 4. The maximum absolute atomic E-state index is 14.3. The van der Waals surface area contributed by atoms with Crippen LogP contribution in [0.5, 0.6) is 0 Å². The van der Waals surface area contributed by atoms with Gasteiger partial charge in [-0.05, 0) is 91.8 Å². The Kier molecular flexibility index (Phi) is 17.3. The van der Waals surface area contributed by atoms with Crippen molar-refractivity contribution in [3.63, 3.8) is 0 Å². The fraction of sp³-hybridized carbons (Fsp3) is 0.404. The fourth-order valence-corrected chi connectivity index (χ4v) is 6.67. The van der Waals surface area contributed by atoms with E-state index in [-0.39, 0.29) is 31.7 Å². The van der Waals surface area contributed by atoms with Crippen LogP contribution >= 0.6 is 0 Å². The lowest BCUT2D eigenvalue weighted by Gasteiger charge is -2.34. The molecule has 0 bridgehead atoms. The summed E-state index contributed by atoms with van der Waals surface area (Å²) in [5.74, 6) is -2.68. The van der Waals surface area contributed by atoms with Gasteiger partial charge < -0.3 is 29.6 Å². The van der Waals surface area contributed by atoms with Crippen molar-refractivity contribution in [3.05, 3.63) is 143 Å². The first-order chi connectivity index (χ1) is 29.6. The summed E-state index contributed by atoms with van der Waals surface area (Å²) in [5.41, 5.74) is 5.04. The molecule has 62 heavy (non-hydrogen) atoms. The van der Waals surface area contributed by atoms with E-state index in [0.29, 0.717) is 30.9 Å². The molecule has 0 saturated carbocycles. The van der Waals surface area contributed by atoms with Crippen molar-refractivity contribution in [2.45, 2.75) is 84.5 Å². The van der Waals surface area contributed by atoms with Crippen LogP contribution in [-0.4, -0.2) is 90.6 Å². The summed E-state index contributed by atoms with van der Waals surface area (Å²) >= 11 is 0. The number of alkyl carbamates (subject to hydrolysis) is 1. The topological polar surface area (TPSA) is 148 Å². The van der Waals surface area contributed by atoms with Crippen molar-refractivity contribution < 1.29 is 46.9 Å². The third-order valence-corrected chi connectivity index (χ3v) is 9.87. The SMILES string of the molecule is CC(C)[C@H](NC(=O)OCc1ccccc1)C(=O)NC(Cc1ccc(F)cc1)C(CN(Cc1ccc(F)cc1)NC(=O)OC(C)(C)C)OC(=O)c1ccc(CN2CCOCC2)cc1. The second-order valence-electron chi connectivity index (χ2n) is 16.5. The molecule has 4 aromatic rings. The van der Waals surface area contributed by atoms with Crippen LogP contribution < -0.4 is 16.1 Å². The second-order valence-corrected chi connectivity index (χ2v) is 16.5. The Bertz CT molecular complexity index is 2040. The molecule has 0 spiro atoms. The number of ether oxygens (including phenoxy) is 4. The van der Waals surface area contributed by atoms with Crippen LogP contribution in [0.1, 0.15) is 67.2 Å². The van der Waals surface area contributed by atoms with Crippen molar-refractivity contribution in [1.29, 1.82) is 0 Å². The van der Waals surface area contributed by atoms with E-state index in [1.807, 2.05) is 30.3 Å². The number of amides is 3. The molecule has 3 amide bonds. The zero-order valence-corrected chi connectivity index (χ0v) is 35.9. The van der Waals surface area contributed by atoms with Gasteiger partial charge in [-0.15, -0.1) is 0 Å². The Labute approximate surface area is 362 Å². The average Bonchev–Trinajstić information content (AvgIpc) is 3.23. The first-order valence-corrected chi connectivity index (χ1v) is 20.7. The molecule has 3 atom stereocenters. The van der Waals surface area contributed by atoms with Crippen molar-refractivity contribution in [2.75, 3.05) is 32.8 Å². The smallest absolute Gasteiger partial charge is 0.422 e. The van der Waals surface area contributed by atoms with Gasteiger partial charge >= 0.3 is 18.2 Å². The highest BCUT2D eigenvalue weighted by Gasteiger charge is 2.34. The number of nitrogens with one attached hydrogen (secondary N) is 3. The van der Waals surface area contributed by atoms with Crippen LogP contribution in [0.2, 0.25) is 0 Å². The molecule has 0 aromatic heterocycles. The molecule has 1 aliphatic heterocycles. The third kappa shape index (κ3) is 15.9. The Morgan fingerprint density at radius 2 is 1.35 bits per heavy atom. The predicted octanol–water partition coefficient (Wildman–Crippen LogP) is 6.94. The van der Waals surface area contributed by atoms with Gasteiger partial charge in [-0.25, -0.2) is 28.2 Å². The molecule has 3 N–H and O–H groups in total. The number of esters is 1. The van der Waals surface area contributed by atoms with Crippen LogP contribution in [0, 0.1) is 17.6 Å². The van der Waals surface area contributed by atoms with Crippen molar-refractivity contribution in [2.24, 2.45) is 5.92 Å². The lowest BCUT2D eigenvalue weighted by molar-refractivity contribution is -0.126. The number of halogens is 2. The summed E-state index contributed by atoms with van der Waals surface area (Å²) in [6.45, 7) is 11.9. The summed E-state index contributed by atoms with van der Waals surface area (Å²) in [7, 11) is 0. The summed E-state index contributed by atoms with van der Waals surface area (Å²) in [5, 5.41) is 7.13. The van der Waals surface area contributed by atoms with Crippen molar-refractivity contribution in [3.8, 4) is 0 Å². The van der Waals surface area contributed by atoms with Gasteiger partial charge in [-0.3, -0.25) is 15.1 Å². The highest BCUT2D eigenvalue weighted by molar-refractivity contribution is 5.90. The number of nitrogens with zero attached hydrogens (tertiary/aromatic N) is 2. The van der Waals surface area contributed by atoms with E-state index >= 15 is 0 Å². The molecule has 0 aliphatic carbocycles. The molecule has 4 aromatic carbocycles. The summed E-state index contributed by atoms with van der Waals surface area (Å²) in [4.78, 5) is 57.1. The minimum Gasteiger partial charge on any atom is -0.455 e. The number of hydrogen-bond acceptors (Lipinski definition) is 10. The van der Waals surface area contributed by atoms with E-state index in [1.54, 1.807) is 83.1 Å². The molecule has 15 heteroatoms. The lowest BCUT2D eigenvalue weighted by Crippen LogP contribution is -2.58. The number of carbonyl (C=O) groups excluding carboxylic acids is 4. The molecule has 1 fully saturated rings. The van der Waals surface area contributed by atoms with Gasteiger partial charge in [0.25, 0.3) is 0 Å². The normalized spacial score (nSPS) is 14.7. The summed E-state index contributed by atoms with van der Waals surface area (Å²) < 4.78 is 50.9. The van der Waals surface area contributed by atoms with Gasteiger partial charge in [0.2, 0.25) is 5.91 Å². The average molecular weight is 858 g/mol. The summed E-state index contributed by atoms with van der Waals surface area (Å²) in [6, 6.07) is 25.3. The summed E-state index contributed by atoms with van der Waals surface area (Å²) in [6.07, 6.45) is -2.80. The number of hydrazine groups is 1. The van der Waals surface area contributed by atoms with Gasteiger partial charge in [-0.2, -0.15) is 0 Å². The van der Waals surface area contributed by atoms with E-state index in [9.17, 15) is 28.0 Å². The van der Waals surface area contributed by atoms with E-state index in [1.165, 1.54) is 29.3 Å². The van der Waals surface area contributed by atoms with E-state index in [0.717, 1.165) is 24.2 Å². The standard InChI is InChI=1S/C47H57F2N5O8/c1-32(2)42(51-45(57)60-31-36-9-7-6-8-10-36)43(55)50-40(27-33-13-19-38(48)20-14-33)41(61-44(56)37-17-11-34(12-18-37)28-53-23-25-59-26-24-53)30-54(52-46(58)62-47(3,4)5)29-35-15-21-39(49)22-16-35/h6-22,32,40-42H,23-31H2,1-5H3,(H,50,55)(H,51,57)(H,52,58)/t40?,41?,42-/m0/s1. The van der Waals surface area contributed by atoms with Crippen LogP contribution in [-0.2, 0) is 49.9 Å². The Hall–Kier alpha value is -5.90. The third-order valence-electron chi connectivity index (χ3n) is 9.87. The maximum atomic E-state index is 14.3. The second kappa shape index (κ2) is 22.8. The van der Waals surface area contributed by atoms with E-state index in [2.05, 4.69) is 21.0 Å². The lowest BCUT2D eigenvalue weighted by atomic mass is 9.98.